The zero-order valence-electron chi connectivity index (χ0n) is 16.3. The van der Waals surface area contributed by atoms with E-state index in [1.807, 2.05) is 20.8 Å². The van der Waals surface area contributed by atoms with Gasteiger partial charge in [0, 0.05) is 18.3 Å². The van der Waals surface area contributed by atoms with E-state index >= 15 is 0 Å². The molecule has 6 heteroatoms. The number of halogens is 1. The topological polar surface area (TPSA) is 58.6 Å². The van der Waals surface area contributed by atoms with E-state index in [2.05, 4.69) is 21.2 Å². The Balaban J connectivity index is 3.48. The Hall–Kier alpha value is -0.620. The maximum atomic E-state index is 11.8. The fourth-order valence-corrected chi connectivity index (χ4v) is 2.88. The third-order valence-electron chi connectivity index (χ3n) is 3.70. The van der Waals surface area contributed by atoms with E-state index in [1.165, 1.54) is 50.0 Å². The van der Waals surface area contributed by atoms with E-state index in [4.69, 9.17) is 4.84 Å². The van der Waals surface area contributed by atoms with Crippen molar-refractivity contribution in [1.82, 2.24) is 10.4 Å². The molecule has 0 aliphatic carbocycles. The zero-order valence-corrected chi connectivity index (χ0v) is 17.9. The summed E-state index contributed by atoms with van der Waals surface area (Å²) in [5.41, 5.74) is -0.418. The van der Waals surface area contributed by atoms with Crippen molar-refractivity contribution < 1.29 is 14.4 Å². The first-order chi connectivity index (χ1) is 11.9. The highest BCUT2D eigenvalue weighted by molar-refractivity contribution is 9.09. The van der Waals surface area contributed by atoms with Gasteiger partial charge >= 0.3 is 0 Å². The molecule has 0 spiro atoms. The van der Waals surface area contributed by atoms with Crippen LogP contribution in [0.2, 0.25) is 0 Å². The molecule has 2 amide bonds. The first kappa shape index (κ1) is 24.4. The van der Waals surface area contributed by atoms with Crippen molar-refractivity contribution >= 4 is 28.2 Å². The quantitative estimate of drug-likeness (QED) is 0.172. The van der Waals surface area contributed by atoms with Crippen LogP contribution < -0.4 is 5.32 Å². The fourth-order valence-electron chi connectivity index (χ4n) is 2.48. The predicted octanol–water partition coefficient (Wildman–Crippen LogP) is 4.59. The average molecular weight is 421 g/mol. The van der Waals surface area contributed by atoms with Crippen molar-refractivity contribution in [3.8, 4) is 0 Å². The molecule has 0 aliphatic rings. The summed E-state index contributed by atoms with van der Waals surface area (Å²) in [6.07, 6.45) is 12.3. The number of amides is 2. The van der Waals surface area contributed by atoms with Gasteiger partial charge in [-0.2, -0.15) is 0 Å². The smallest absolute Gasteiger partial charge is 0.233 e. The molecule has 0 aliphatic heterocycles. The number of hydroxylamine groups is 2. The van der Waals surface area contributed by atoms with Crippen molar-refractivity contribution in [1.29, 1.82) is 0 Å². The standard InChI is InChI=1S/C19H37BrN2O3/c1-19(2,3)25-22(17-23)16-15-21-18(24)13-11-9-7-5-4-6-8-10-12-14-20/h17H,4-16H2,1-3H3,(H,21,24). The minimum absolute atomic E-state index is 0.0522. The summed E-state index contributed by atoms with van der Waals surface area (Å²) >= 11 is 3.45. The Morgan fingerprint density at radius 2 is 1.52 bits per heavy atom. The van der Waals surface area contributed by atoms with Crippen LogP contribution in [0, 0.1) is 0 Å². The molecule has 0 unspecified atom stereocenters. The summed E-state index contributed by atoms with van der Waals surface area (Å²) < 4.78 is 0. The van der Waals surface area contributed by atoms with E-state index in [1.54, 1.807) is 0 Å². The van der Waals surface area contributed by atoms with Gasteiger partial charge in [-0.05, 0) is 33.6 Å². The monoisotopic (exact) mass is 420 g/mol. The SMILES string of the molecule is CC(C)(C)ON(C=O)CCNC(=O)CCCCCCCCCCCBr. The van der Waals surface area contributed by atoms with Crippen molar-refractivity contribution in [3.63, 3.8) is 0 Å². The normalized spacial score (nSPS) is 11.4. The lowest BCUT2D eigenvalue weighted by Gasteiger charge is -2.26. The maximum absolute atomic E-state index is 11.8. The molecule has 0 aromatic heterocycles. The Labute approximate surface area is 162 Å². The molecule has 0 rings (SSSR count). The van der Waals surface area contributed by atoms with Gasteiger partial charge < -0.3 is 5.32 Å². The van der Waals surface area contributed by atoms with E-state index < -0.39 is 5.60 Å². The predicted molar refractivity (Wildman–Crippen MR) is 107 cm³/mol. The average Bonchev–Trinajstić information content (AvgIpc) is 2.54. The molecule has 148 valence electrons. The van der Waals surface area contributed by atoms with Gasteiger partial charge in [-0.15, -0.1) is 0 Å². The minimum Gasteiger partial charge on any atom is -0.354 e. The number of nitrogens with one attached hydrogen (secondary N) is 1. The number of carbonyl (C=O) groups excluding carboxylic acids is 2. The van der Waals surface area contributed by atoms with Gasteiger partial charge in [0.1, 0.15) is 0 Å². The lowest BCUT2D eigenvalue weighted by Crippen LogP contribution is -2.38. The Kier molecular flexibility index (Phi) is 15.2. The number of hydrogen-bond donors (Lipinski definition) is 1. The zero-order chi connectivity index (χ0) is 19.0. The summed E-state index contributed by atoms with van der Waals surface area (Å²) in [7, 11) is 0. The molecule has 1 N–H and O–H groups in total. The highest BCUT2D eigenvalue weighted by atomic mass is 79.9. The highest BCUT2D eigenvalue weighted by Gasteiger charge is 2.15. The van der Waals surface area contributed by atoms with Gasteiger partial charge in [0.25, 0.3) is 0 Å². The maximum Gasteiger partial charge on any atom is 0.233 e. The van der Waals surface area contributed by atoms with Crippen LogP contribution in [0.15, 0.2) is 0 Å². The van der Waals surface area contributed by atoms with E-state index in [0.717, 1.165) is 18.2 Å². The third kappa shape index (κ3) is 18.0. The molecule has 0 saturated carbocycles. The van der Waals surface area contributed by atoms with Crippen LogP contribution >= 0.6 is 15.9 Å². The van der Waals surface area contributed by atoms with E-state index in [9.17, 15) is 9.59 Å². The summed E-state index contributed by atoms with van der Waals surface area (Å²) in [4.78, 5) is 28.1. The second kappa shape index (κ2) is 15.6. The van der Waals surface area contributed by atoms with Crippen LogP contribution in [0.5, 0.6) is 0 Å². The second-order valence-electron chi connectivity index (χ2n) is 7.42. The molecule has 0 radical (unpaired) electrons. The number of nitrogens with zero attached hydrogens (tertiary/aromatic N) is 1. The largest absolute Gasteiger partial charge is 0.354 e. The van der Waals surface area contributed by atoms with Gasteiger partial charge in [-0.25, -0.2) is 5.06 Å². The summed E-state index contributed by atoms with van der Waals surface area (Å²) in [5.74, 6) is 0.0522. The molecule has 0 bridgehead atoms. The molecule has 5 nitrogen and oxygen atoms in total. The fraction of sp³-hybridized carbons (Fsp3) is 0.895. The van der Waals surface area contributed by atoms with Crippen LogP contribution in [0.25, 0.3) is 0 Å². The summed E-state index contributed by atoms with van der Waals surface area (Å²) in [6.45, 7) is 6.42. The van der Waals surface area contributed by atoms with Gasteiger partial charge in [0.05, 0.1) is 12.1 Å². The molecule has 0 aromatic rings. The molecular weight excluding hydrogens is 384 g/mol. The summed E-state index contributed by atoms with van der Waals surface area (Å²) in [6, 6.07) is 0. The van der Waals surface area contributed by atoms with Crippen LogP contribution in [-0.2, 0) is 14.4 Å². The van der Waals surface area contributed by atoms with Crippen LogP contribution in [-0.4, -0.2) is 41.4 Å². The van der Waals surface area contributed by atoms with Gasteiger partial charge in [0.15, 0.2) is 0 Å². The number of carbonyl (C=O) groups is 2. The third-order valence-corrected chi connectivity index (χ3v) is 4.26. The lowest BCUT2D eigenvalue weighted by atomic mass is 10.1. The highest BCUT2D eigenvalue weighted by Crippen LogP contribution is 2.11. The molecule has 0 heterocycles. The Morgan fingerprint density at radius 3 is 2.00 bits per heavy atom. The first-order valence-corrected chi connectivity index (χ1v) is 10.7. The van der Waals surface area contributed by atoms with E-state index in [-0.39, 0.29) is 5.91 Å². The van der Waals surface area contributed by atoms with Crippen molar-refractivity contribution in [2.45, 2.75) is 90.6 Å². The molecular formula is C19H37BrN2O3. The first-order valence-electron chi connectivity index (χ1n) is 9.63. The number of alkyl halides is 1. The molecule has 0 saturated heterocycles. The van der Waals surface area contributed by atoms with Crippen LogP contribution in [0.1, 0.15) is 85.0 Å². The molecule has 0 fully saturated rings. The van der Waals surface area contributed by atoms with Gasteiger partial charge in [0.2, 0.25) is 12.3 Å². The van der Waals surface area contributed by atoms with Crippen molar-refractivity contribution in [2.75, 3.05) is 18.4 Å². The van der Waals surface area contributed by atoms with Gasteiger partial charge in [-0.1, -0.05) is 60.9 Å². The molecule has 0 aromatic carbocycles. The van der Waals surface area contributed by atoms with Crippen molar-refractivity contribution in [2.24, 2.45) is 0 Å². The van der Waals surface area contributed by atoms with Gasteiger partial charge in [-0.3, -0.25) is 14.4 Å². The van der Waals surface area contributed by atoms with Crippen LogP contribution in [0.3, 0.4) is 0 Å². The lowest BCUT2D eigenvalue weighted by molar-refractivity contribution is -0.215. The number of rotatable bonds is 16. The Bertz CT molecular complexity index is 346. The van der Waals surface area contributed by atoms with E-state index in [0.29, 0.717) is 25.9 Å². The number of hydrogen-bond acceptors (Lipinski definition) is 3. The van der Waals surface area contributed by atoms with Crippen molar-refractivity contribution in [3.05, 3.63) is 0 Å². The minimum atomic E-state index is -0.418. The molecule has 0 atom stereocenters. The molecule has 25 heavy (non-hydrogen) atoms. The second-order valence-corrected chi connectivity index (χ2v) is 8.21. The summed E-state index contributed by atoms with van der Waals surface area (Å²) in [5, 5.41) is 5.19. The van der Waals surface area contributed by atoms with Crippen LogP contribution in [0.4, 0.5) is 0 Å². The Morgan fingerprint density at radius 1 is 1.00 bits per heavy atom. The number of unbranched alkanes of at least 4 members (excludes halogenated alkanes) is 8.